The Morgan fingerprint density at radius 2 is 2.07 bits per heavy atom. The highest BCUT2D eigenvalue weighted by molar-refractivity contribution is 7.91. The van der Waals surface area contributed by atoms with Crippen molar-refractivity contribution in [2.45, 2.75) is 11.2 Å². The number of sulfonamides is 1. The molecule has 1 aliphatic carbocycles. The van der Waals surface area contributed by atoms with E-state index in [1.807, 2.05) is 0 Å². The Bertz CT molecular complexity index is 387. The van der Waals surface area contributed by atoms with Crippen LogP contribution in [0.4, 0.5) is 0 Å². The first-order chi connectivity index (χ1) is 6.27. The van der Waals surface area contributed by atoms with Gasteiger partial charge in [-0.15, -0.1) is 0 Å². The summed E-state index contributed by atoms with van der Waals surface area (Å²) in [6.07, 6.45) is -0.326. The van der Waals surface area contributed by atoms with Crippen LogP contribution in [0.5, 0.6) is 0 Å². The van der Waals surface area contributed by atoms with E-state index in [1.54, 1.807) is 0 Å². The van der Waals surface area contributed by atoms with Gasteiger partial charge in [0.2, 0.25) is 10.0 Å². The largest absolute Gasteiger partial charge is 0.481 e. The van der Waals surface area contributed by atoms with Gasteiger partial charge in [0.25, 0.3) is 0 Å². The summed E-state index contributed by atoms with van der Waals surface area (Å²) in [4.78, 5) is 21.6. The predicted molar refractivity (Wildman–Crippen MR) is 43.6 cm³/mol. The van der Waals surface area contributed by atoms with E-state index in [9.17, 15) is 18.0 Å². The van der Waals surface area contributed by atoms with Crippen LogP contribution in [0.2, 0.25) is 0 Å². The summed E-state index contributed by atoms with van der Waals surface area (Å²) < 4.78 is 24.2. The molecule has 0 unspecified atom stereocenters. The third-order valence-corrected chi connectivity index (χ3v) is 3.88. The Morgan fingerprint density at radius 3 is 2.29 bits per heavy atom. The molecule has 0 aromatic carbocycles. The van der Waals surface area contributed by atoms with Crippen molar-refractivity contribution in [1.82, 2.24) is 0 Å². The normalized spacial score (nSPS) is 30.9. The minimum atomic E-state index is -4.25. The van der Waals surface area contributed by atoms with Crippen molar-refractivity contribution < 1.29 is 27.9 Å². The zero-order chi connectivity index (χ0) is 11.1. The van der Waals surface area contributed by atoms with E-state index in [-0.39, 0.29) is 6.42 Å². The minimum absolute atomic E-state index is 0.326. The number of hydrogen-bond donors (Lipinski definition) is 2. The van der Waals surface area contributed by atoms with Gasteiger partial charge in [0.1, 0.15) is 0 Å². The van der Waals surface area contributed by atoms with E-state index in [0.29, 0.717) is 0 Å². The van der Waals surface area contributed by atoms with Crippen molar-refractivity contribution in [2.75, 3.05) is 7.11 Å². The SMILES string of the molecule is COC(=O)[C@]1(S(N)(=O)=O)C[C@H]1C(=O)O. The molecule has 1 rings (SSSR count). The van der Waals surface area contributed by atoms with Crippen LogP contribution in [-0.4, -0.2) is 37.3 Å². The number of carbonyl (C=O) groups is 2. The number of hydrogen-bond acceptors (Lipinski definition) is 5. The molecular weight excluding hydrogens is 214 g/mol. The van der Waals surface area contributed by atoms with Crippen LogP contribution < -0.4 is 5.14 Å². The molecule has 0 spiro atoms. The fourth-order valence-electron chi connectivity index (χ4n) is 1.36. The molecule has 0 radical (unpaired) electrons. The highest BCUT2D eigenvalue weighted by Crippen LogP contribution is 2.50. The number of primary sulfonamides is 1. The Morgan fingerprint density at radius 1 is 1.57 bits per heavy atom. The molecule has 0 aromatic rings. The second-order valence-electron chi connectivity index (χ2n) is 3.02. The van der Waals surface area contributed by atoms with Crippen molar-refractivity contribution in [1.29, 1.82) is 0 Å². The summed E-state index contributed by atoms with van der Waals surface area (Å²) in [7, 11) is -3.27. The van der Waals surface area contributed by atoms with Gasteiger partial charge in [0.05, 0.1) is 13.0 Å². The van der Waals surface area contributed by atoms with Crippen LogP contribution in [0.1, 0.15) is 6.42 Å². The number of rotatable bonds is 3. The van der Waals surface area contributed by atoms with Gasteiger partial charge in [-0.3, -0.25) is 9.59 Å². The second kappa shape index (κ2) is 2.92. The maximum absolute atomic E-state index is 11.1. The first-order valence-electron chi connectivity index (χ1n) is 3.61. The average molecular weight is 223 g/mol. The van der Waals surface area contributed by atoms with Crippen LogP contribution >= 0.6 is 0 Å². The molecule has 14 heavy (non-hydrogen) atoms. The number of ether oxygens (including phenoxy) is 1. The summed E-state index contributed by atoms with van der Waals surface area (Å²) in [6.45, 7) is 0. The number of carboxylic acids is 1. The molecule has 2 atom stereocenters. The van der Waals surface area contributed by atoms with Gasteiger partial charge in [0.15, 0.2) is 4.75 Å². The molecule has 1 aliphatic rings. The molecule has 0 aromatic heterocycles. The van der Waals surface area contributed by atoms with E-state index in [2.05, 4.69) is 4.74 Å². The zero-order valence-electron chi connectivity index (χ0n) is 7.26. The van der Waals surface area contributed by atoms with Crippen LogP contribution in [0.25, 0.3) is 0 Å². The van der Waals surface area contributed by atoms with Crippen LogP contribution in [-0.2, 0) is 24.3 Å². The third-order valence-electron chi connectivity index (χ3n) is 2.25. The molecule has 0 aliphatic heterocycles. The standard InChI is InChI=1S/C6H9NO6S/c1-13-5(10)6(14(7,11)12)2-3(6)4(8)9/h3H,2H2,1H3,(H,8,9)(H2,7,11,12)/t3-,6-/m0/s1. The summed E-state index contributed by atoms with van der Waals surface area (Å²) in [5, 5.41) is 13.4. The Balaban J connectivity index is 3.11. The number of carboxylic acid groups (broad SMARTS) is 1. The first kappa shape index (κ1) is 10.9. The third kappa shape index (κ3) is 1.26. The van der Waals surface area contributed by atoms with Gasteiger partial charge >= 0.3 is 11.9 Å². The summed E-state index contributed by atoms with van der Waals surface area (Å²) in [6, 6.07) is 0. The number of methoxy groups -OCH3 is 1. The number of carbonyl (C=O) groups excluding carboxylic acids is 1. The summed E-state index contributed by atoms with van der Waals surface area (Å²) >= 11 is 0. The molecule has 0 heterocycles. The van der Waals surface area contributed by atoms with E-state index in [0.717, 1.165) is 7.11 Å². The molecule has 1 fully saturated rings. The van der Waals surface area contributed by atoms with Crippen molar-refractivity contribution >= 4 is 22.0 Å². The van der Waals surface area contributed by atoms with Gasteiger partial charge in [-0.2, -0.15) is 0 Å². The lowest BCUT2D eigenvalue weighted by atomic mass is 10.3. The maximum atomic E-state index is 11.1. The molecule has 0 bridgehead atoms. The van der Waals surface area contributed by atoms with E-state index < -0.39 is 32.6 Å². The highest BCUT2D eigenvalue weighted by atomic mass is 32.2. The molecule has 7 nitrogen and oxygen atoms in total. The Kier molecular flexibility index (Phi) is 2.28. The van der Waals surface area contributed by atoms with Gasteiger partial charge < -0.3 is 9.84 Å². The number of aliphatic carboxylic acids is 1. The van der Waals surface area contributed by atoms with E-state index in [1.165, 1.54) is 0 Å². The Labute approximate surface area is 79.9 Å². The molecule has 80 valence electrons. The van der Waals surface area contributed by atoms with Gasteiger partial charge in [0, 0.05) is 0 Å². The minimum Gasteiger partial charge on any atom is -0.481 e. The monoisotopic (exact) mass is 223 g/mol. The Hall–Kier alpha value is -1.15. The van der Waals surface area contributed by atoms with Crippen LogP contribution in [0.3, 0.4) is 0 Å². The van der Waals surface area contributed by atoms with Crippen molar-refractivity contribution in [3.05, 3.63) is 0 Å². The van der Waals surface area contributed by atoms with Crippen molar-refractivity contribution in [3.63, 3.8) is 0 Å². The second-order valence-corrected chi connectivity index (χ2v) is 4.84. The number of nitrogens with two attached hydrogens (primary N) is 1. The topological polar surface area (TPSA) is 124 Å². The summed E-state index contributed by atoms with van der Waals surface area (Å²) in [5.74, 6) is -3.79. The van der Waals surface area contributed by atoms with Crippen molar-refractivity contribution in [3.8, 4) is 0 Å². The van der Waals surface area contributed by atoms with Gasteiger partial charge in [-0.1, -0.05) is 0 Å². The van der Waals surface area contributed by atoms with Crippen LogP contribution in [0.15, 0.2) is 0 Å². The smallest absolute Gasteiger partial charge is 0.329 e. The van der Waals surface area contributed by atoms with Crippen molar-refractivity contribution in [2.24, 2.45) is 11.1 Å². The van der Waals surface area contributed by atoms with Gasteiger partial charge in [-0.05, 0) is 6.42 Å². The first-order valence-corrected chi connectivity index (χ1v) is 5.15. The lowest BCUT2D eigenvalue weighted by Gasteiger charge is -2.10. The lowest BCUT2D eigenvalue weighted by Crippen LogP contribution is -2.41. The fourth-order valence-corrected chi connectivity index (χ4v) is 2.57. The van der Waals surface area contributed by atoms with E-state index >= 15 is 0 Å². The molecule has 0 amide bonds. The summed E-state index contributed by atoms with van der Waals surface area (Å²) in [5.41, 5.74) is 0. The molecule has 3 N–H and O–H groups in total. The highest BCUT2D eigenvalue weighted by Gasteiger charge is 2.73. The van der Waals surface area contributed by atoms with Gasteiger partial charge in [-0.25, -0.2) is 13.6 Å². The molecular formula is C6H9NO6S. The maximum Gasteiger partial charge on any atom is 0.329 e. The molecule has 1 saturated carbocycles. The molecule has 8 heteroatoms. The molecule has 0 saturated heterocycles. The predicted octanol–water partition coefficient (Wildman–Crippen LogP) is -1.71. The van der Waals surface area contributed by atoms with E-state index in [4.69, 9.17) is 10.2 Å². The average Bonchev–Trinajstić information content (AvgIpc) is 2.77. The van der Waals surface area contributed by atoms with Crippen LogP contribution in [0, 0.1) is 5.92 Å². The zero-order valence-corrected chi connectivity index (χ0v) is 8.08. The fraction of sp³-hybridized carbons (Fsp3) is 0.667. The lowest BCUT2D eigenvalue weighted by molar-refractivity contribution is -0.145. The number of esters is 1. The quantitative estimate of drug-likeness (QED) is 0.549.